The first-order valence-electron chi connectivity index (χ1n) is 4.49. The van der Waals surface area contributed by atoms with Gasteiger partial charge in [-0.2, -0.15) is 0 Å². The molecule has 0 spiro atoms. The molecule has 0 saturated carbocycles. The maximum absolute atomic E-state index is 10.6. The lowest BCUT2D eigenvalue weighted by Crippen LogP contribution is -2.12. The third-order valence-electron chi connectivity index (χ3n) is 1.88. The summed E-state index contributed by atoms with van der Waals surface area (Å²) in [4.78, 5) is 10.1. The van der Waals surface area contributed by atoms with E-state index in [9.17, 15) is 10.1 Å². The van der Waals surface area contributed by atoms with E-state index in [1.165, 1.54) is 0 Å². The summed E-state index contributed by atoms with van der Waals surface area (Å²) in [7, 11) is 0. The summed E-state index contributed by atoms with van der Waals surface area (Å²) < 4.78 is 5.13. The number of rotatable bonds is 5. The summed E-state index contributed by atoms with van der Waals surface area (Å²) in [6, 6.07) is 0. The number of nitrogens with one attached hydrogen (secondary N) is 1. The SMILES string of the molecule is Cc1[nH]nc(OC[C@@H](C)CO)c1[N+](=O)[O-]. The Morgan fingerprint density at radius 2 is 2.40 bits per heavy atom. The van der Waals surface area contributed by atoms with E-state index in [1.54, 1.807) is 13.8 Å². The van der Waals surface area contributed by atoms with Gasteiger partial charge in [0.05, 0.1) is 11.5 Å². The minimum Gasteiger partial charge on any atom is -0.471 e. The highest BCUT2D eigenvalue weighted by Gasteiger charge is 2.23. The van der Waals surface area contributed by atoms with Crippen molar-refractivity contribution in [1.29, 1.82) is 0 Å². The van der Waals surface area contributed by atoms with Gasteiger partial charge in [0.2, 0.25) is 0 Å². The van der Waals surface area contributed by atoms with Crippen molar-refractivity contribution in [3.63, 3.8) is 0 Å². The van der Waals surface area contributed by atoms with Crippen molar-refractivity contribution in [3.8, 4) is 5.88 Å². The molecular weight excluding hydrogens is 202 g/mol. The fourth-order valence-electron chi connectivity index (χ4n) is 0.990. The Morgan fingerprint density at radius 3 is 2.93 bits per heavy atom. The molecule has 0 aliphatic carbocycles. The van der Waals surface area contributed by atoms with Gasteiger partial charge >= 0.3 is 11.6 Å². The molecule has 0 aliphatic heterocycles. The second-order valence-corrected chi connectivity index (χ2v) is 3.36. The van der Waals surface area contributed by atoms with Crippen LogP contribution in [0.3, 0.4) is 0 Å². The highest BCUT2D eigenvalue weighted by atomic mass is 16.6. The molecule has 0 aliphatic rings. The van der Waals surface area contributed by atoms with E-state index in [0.717, 1.165) is 0 Å². The van der Waals surface area contributed by atoms with Gasteiger partial charge in [0, 0.05) is 12.5 Å². The molecule has 1 rings (SSSR count). The summed E-state index contributed by atoms with van der Waals surface area (Å²) in [5.41, 5.74) is 0.201. The molecule has 84 valence electrons. The monoisotopic (exact) mass is 215 g/mol. The highest BCUT2D eigenvalue weighted by molar-refractivity contribution is 5.44. The van der Waals surface area contributed by atoms with E-state index in [1.807, 2.05) is 0 Å². The Hall–Kier alpha value is -1.63. The lowest BCUT2D eigenvalue weighted by molar-refractivity contribution is -0.386. The van der Waals surface area contributed by atoms with Gasteiger partial charge in [-0.3, -0.25) is 15.2 Å². The van der Waals surface area contributed by atoms with Crippen LogP contribution in [-0.4, -0.2) is 33.4 Å². The second kappa shape index (κ2) is 4.74. The first kappa shape index (κ1) is 11.4. The van der Waals surface area contributed by atoms with Crippen LogP contribution in [0.15, 0.2) is 0 Å². The number of aliphatic hydroxyl groups excluding tert-OH is 1. The molecular formula is C8H13N3O4. The Bertz CT molecular complexity index is 350. The van der Waals surface area contributed by atoms with E-state index >= 15 is 0 Å². The summed E-state index contributed by atoms with van der Waals surface area (Å²) >= 11 is 0. The van der Waals surface area contributed by atoms with E-state index in [-0.39, 0.29) is 30.7 Å². The molecule has 0 bridgehead atoms. The number of nitrogens with zero attached hydrogens (tertiary/aromatic N) is 2. The molecule has 1 atom stereocenters. The van der Waals surface area contributed by atoms with Crippen LogP contribution in [0.5, 0.6) is 5.88 Å². The maximum atomic E-state index is 10.6. The van der Waals surface area contributed by atoms with Crippen molar-refractivity contribution in [2.24, 2.45) is 5.92 Å². The van der Waals surface area contributed by atoms with Gasteiger partial charge in [-0.05, 0) is 6.92 Å². The minimum absolute atomic E-state index is 0.0298. The highest BCUT2D eigenvalue weighted by Crippen LogP contribution is 2.27. The number of H-pyrrole nitrogens is 1. The summed E-state index contributed by atoms with van der Waals surface area (Å²) in [5.74, 6) is -0.112. The fourth-order valence-corrected chi connectivity index (χ4v) is 0.990. The molecule has 7 nitrogen and oxygen atoms in total. The van der Waals surface area contributed by atoms with Gasteiger partial charge in [0.15, 0.2) is 0 Å². The molecule has 2 N–H and O–H groups in total. The number of ether oxygens (including phenoxy) is 1. The zero-order valence-electron chi connectivity index (χ0n) is 8.56. The first-order chi connectivity index (χ1) is 7.06. The number of aromatic nitrogens is 2. The van der Waals surface area contributed by atoms with Crippen LogP contribution >= 0.6 is 0 Å². The standard InChI is InChI=1S/C8H13N3O4/c1-5(3-12)4-15-8-7(11(13)14)6(2)9-10-8/h5,12H,3-4H2,1-2H3,(H,9,10)/t5-/m0/s1. The molecule has 0 aromatic carbocycles. The van der Waals surface area contributed by atoms with Crippen LogP contribution in [-0.2, 0) is 0 Å². The number of hydrogen-bond acceptors (Lipinski definition) is 5. The minimum atomic E-state index is -0.544. The molecule has 1 heterocycles. The summed E-state index contributed by atoms with van der Waals surface area (Å²) in [5, 5.41) is 25.5. The van der Waals surface area contributed by atoms with Crippen LogP contribution < -0.4 is 4.74 Å². The topological polar surface area (TPSA) is 101 Å². The predicted molar refractivity (Wildman–Crippen MR) is 51.7 cm³/mol. The van der Waals surface area contributed by atoms with Crippen molar-refractivity contribution in [2.45, 2.75) is 13.8 Å². The number of aliphatic hydroxyl groups is 1. The zero-order chi connectivity index (χ0) is 11.4. The number of nitro groups is 1. The van der Waals surface area contributed by atoms with Crippen molar-refractivity contribution in [3.05, 3.63) is 15.8 Å². The van der Waals surface area contributed by atoms with Gasteiger partial charge in [0.1, 0.15) is 5.69 Å². The maximum Gasteiger partial charge on any atom is 0.352 e. The van der Waals surface area contributed by atoms with Gasteiger partial charge in [-0.15, -0.1) is 5.10 Å². The third-order valence-corrected chi connectivity index (χ3v) is 1.88. The van der Waals surface area contributed by atoms with E-state index in [0.29, 0.717) is 5.69 Å². The first-order valence-corrected chi connectivity index (χ1v) is 4.49. The number of aryl methyl sites for hydroxylation is 1. The Balaban J connectivity index is 2.73. The third kappa shape index (κ3) is 2.66. The molecule has 15 heavy (non-hydrogen) atoms. The molecule has 1 aromatic heterocycles. The van der Waals surface area contributed by atoms with Crippen LogP contribution in [0.4, 0.5) is 5.69 Å². The van der Waals surface area contributed by atoms with Gasteiger partial charge < -0.3 is 9.84 Å². The molecule has 0 unspecified atom stereocenters. The molecule has 7 heteroatoms. The molecule has 0 amide bonds. The van der Waals surface area contributed by atoms with Gasteiger partial charge in [-0.25, -0.2) is 0 Å². The van der Waals surface area contributed by atoms with Gasteiger partial charge in [-0.1, -0.05) is 6.92 Å². The Labute approximate surface area is 86.2 Å². The molecule has 1 aromatic rings. The number of aromatic amines is 1. The number of hydrogen-bond donors (Lipinski definition) is 2. The zero-order valence-corrected chi connectivity index (χ0v) is 8.56. The van der Waals surface area contributed by atoms with E-state index in [4.69, 9.17) is 9.84 Å². The smallest absolute Gasteiger partial charge is 0.352 e. The molecule has 0 saturated heterocycles. The van der Waals surface area contributed by atoms with Crippen molar-refractivity contribution >= 4 is 5.69 Å². The lowest BCUT2D eigenvalue weighted by atomic mass is 10.2. The molecule has 0 radical (unpaired) electrons. The Morgan fingerprint density at radius 1 is 1.73 bits per heavy atom. The predicted octanol–water partition coefficient (Wildman–Crippen LogP) is 0.634. The largest absolute Gasteiger partial charge is 0.471 e. The van der Waals surface area contributed by atoms with Gasteiger partial charge in [0.25, 0.3) is 0 Å². The fraction of sp³-hybridized carbons (Fsp3) is 0.625. The van der Waals surface area contributed by atoms with Crippen LogP contribution in [0.1, 0.15) is 12.6 Å². The van der Waals surface area contributed by atoms with Crippen LogP contribution in [0, 0.1) is 23.0 Å². The van der Waals surface area contributed by atoms with Crippen molar-refractivity contribution in [2.75, 3.05) is 13.2 Å². The van der Waals surface area contributed by atoms with Crippen LogP contribution in [0.25, 0.3) is 0 Å². The van der Waals surface area contributed by atoms with Crippen molar-refractivity contribution in [1.82, 2.24) is 10.2 Å². The lowest BCUT2D eigenvalue weighted by Gasteiger charge is -2.07. The summed E-state index contributed by atoms with van der Waals surface area (Å²) in [6.45, 7) is 3.48. The average Bonchev–Trinajstić information content (AvgIpc) is 2.56. The average molecular weight is 215 g/mol. The van der Waals surface area contributed by atoms with E-state index < -0.39 is 4.92 Å². The quantitative estimate of drug-likeness (QED) is 0.554. The normalized spacial score (nSPS) is 12.5. The van der Waals surface area contributed by atoms with Crippen LogP contribution in [0.2, 0.25) is 0 Å². The Kier molecular flexibility index (Phi) is 3.62. The summed E-state index contributed by atoms with van der Waals surface area (Å²) in [6.07, 6.45) is 0. The van der Waals surface area contributed by atoms with E-state index in [2.05, 4.69) is 10.2 Å². The molecule has 0 fully saturated rings. The van der Waals surface area contributed by atoms with Crippen molar-refractivity contribution < 1.29 is 14.8 Å². The second-order valence-electron chi connectivity index (χ2n) is 3.36.